The molecule has 1 heterocycles. The first kappa shape index (κ1) is 17.2. The van der Waals surface area contributed by atoms with E-state index in [-0.39, 0.29) is 11.3 Å². The van der Waals surface area contributed by atoms with Gasteiger partial charge in [-0.25, -0.2) is 0 Å². The van der Waals surface area contributed by atoms with Crippen LogP contribution in [0, 0.1) is 0 Å². The highest BCUT2D eigenvalue weighted by molar-refractivity contribution is 9.10. The number of amides is 1. The second-order valence-electron chi connectivity index (χ2n) is 6.27. The quantitative estimate of drug-likeness (QED) is 0.848. The van der Waals surface area contributed by atoms with Crippen LogP contribution in [0.4, 0.5) is 0 Å². The lowest BCUT2D eigenvalue weighted by Gasteiger charge is -2.33. The zero-order chi connectivity index (χ0) is 16.8. The fraction of sp³-hybridized carbons (Fsp3) is 0.350. The Morgan fingerprint density at radius 2 is 1.79 bits per heavy atom. The molecule has 2 aromatic carbocycles. The first-order valence-corrected chi connectivity index (χ1v) is 9.17. The van der Waals surface area contributed by atoms with Gasteiger partial charge in [0, 0.05) is 29.6 Å². The number of nitrogens with one attached hydrogen (secondary N) is 1. The van der Waals surface area contributed by atoms with Gasteiger partial charge in [0.05, 0.1) is 5.56 Å². The fourth-order valence-electron chi connectivity index (χ4n) is 3.36. The highest BCUT2D eigenvalue weighted by Gasteiger charge is 2.33. The molecule has 1 amide bonds. The van der Waals surface area contributed by atoms with E-state index in [1.807, 2.05) is 30.3 Å². The molecule has 0 bridgehead atoms. The van der Waals surface area contributed by atoms with Crippen LogP contribution in [-0.2, 0) is 10.2 Å². The number of carbonyl (C=O) groups is 1. The number of hydrogen-bond donors (Lipinski definition) is 1. The third-order valence-corrected chi connectivity index (χ3v) is 5.45. The number of benzene rings is 2. The van der Waals surface area contributed by atoms with Gasteiger partial charge >= 0.3 is 0 Å². The maximum Gasteiger partial charge on any atom is 0.252 e. The number of rotatable bonds is 4. The van der Waals surface area contributed by atoms with E-state index in [9.17, 15) is 4.79 Å². The molecule has 1 N–H and O–H groups in total. The molecule has 3 nitrogen and oxygen atoms in total. The van der Waals surface area contributed by atoms with Gasteiger partial charge in [0.15, 0.2) is 0 Å². The standard InChI is InChI=1S/C20H22BrNO2/c21-18-10-5-4-9-17(18)19(23)22-15-20(11-6-13-24-14-12-20)16-7-2-1-3-8-16/h1-5,7-10H,6,11-15H2,(H,22,23). The van der Waals surface area contributed by atoms with E-state index < -0.39 is 0 Å². The summed E-state index contributed by atoms with van der Waals surface area (Å²) in [5, 5.41) is 3.15. The van der Waals surface area contributed by atoms with Gasteiger partial charge in [-0.15, -0.1) is 0 Å². The Balaban J connectivity index is 1.80. The summed E-state index contributed by atoms with van der Waals surface area (Å²) in [6, 6.07) is 18.0. The Kier molecular flexibility index (Phi) is 5.69. The average molecular weight is 388 g/mol. The number of carbonyl (C=O) groups excluding carboxylic acids is 1. The summed E-state index contributed by atoms with van der Waals surface area (Å²) in [7, 11) is 0. The number of hydrogen-bond acceptors (Lipinski definition) is 2. The maximum atomic E-state index is 12.6. The minimum atomic E-state index is -0.0608. The summed E-state index contributed by atoms with van der Waals surface area (Å²) in [5.74, 6) is -0.0389. The molecule has 1 fully saturated rings. The first-order chi connectivity index (χ1) is 11.7. The molecular weight excluding hydrogens is 366 g/mol. The molecule has 4 heteroatoms. The molecule has 1 unspecified atom stereocenters. The third kappa shape index (κ3) is 3.87. The van der Waals surface area contributed by atoms with Crippen LogP contribution >= 0.6 is 15.9 Å². The SMILES string of the molecule is O=C(NCC1(c2ccccc2)CCCOCC1)c1ccccc1Br. The lowest BCUT2D eigenvalue weighted by molar-refractivity contribution is 0.0936. The molecule has 0 saturated carbocycles. The van der Waals surface area contributed by atoms with Gasteiger partial charge in [-0.2, -0.15) is 0 Å². The van der Waals surface area contributed by atoms with Crippen molar-refractivity contribution in [2.24, 2.45) is 0 Å². The Morgan fingerprint density at radius 3 is 2.58 bits per heavy atom. The molecule has 126 valence electrons. The molecule has 0 radical (unpaired) electrons. The van der Waals surface area contributed by atoms with Gasteiger partial charge in [-0.3, -0.25) is 4.79 Å². The van der Waals surface area contributed by atoms with Crippen molar-refractivity contribution < 1.29 is 9.53 Å². The smallest absolute Gasteiger partial charge is 0.252 e. The molecular formula is C20H22BrNO2. The number of ether oxygens (including phenoxy) is 1. The summed E-state index contributed by atoms with van der Waals surface area (Å²) in [6.45, 7) is 2.16. The predicted octanol–water partition coefficient (Wildman–Crippen LogP) is 4.32. The van der Waals surface area contributed by atoms with E-state index in [4.69, 9.17) is 4.74 Å². The zero-order valence-corrected chi connectivity index (χ0v) is 15.2. The van der Waals surface area contributed by atoms with Crippen molar-refractivity contribution in [2.75, 3.05) is 19.8 Å². The van der Waals surface area contributed by atoms with Crippen LogP contribution in [-0.4, -0.2) is 25.7 Å². The molecule has 0 aliphatic carbocycles. The van der Waals surface area contributed by atoms with Crippen LogP contribution in [0.3, 0.4) is 0 Å². The largest absolute Gasteiger partial charge is 0.381 e. The van der Waals surface area contributed by atoms with Crippen molar-refractivity contribution in [3.05, 3.63) is 70.2 Å². The Labute approximate surface area is 151 Å². The first-order valence-electron chi connectivity index (χ1n) is 8.37. The van der Waals surface area contributed by atoms with Crippen molar-refractivity contribution in [1.29, 1.82) is 0 Å². The lowest BCUT2D eigenvalue weighted by Crippen LogP contribution is -2.41. The Hall–Kier alpha value is -1.65. The fourth-order valence-corrected chi connectivity index (χ4v) is 3.82. The van der Waals surface area contributed by atoms with E-state index in [0.29, 0.717) is 12.1 Å². The maximum absolute atomic E-state index is 12.6. The van der Waals surface area contributed by atoms with E-state index in [0.717, 1.165) is 36.9 Å². The van der Waals surface area contributed by atoms with Crippen molar-refractivity contribution in [3.63, 3.8) is 0 Å². The average Bonchev–Trinajstić information content (AvgIpc) is 2.87. The van der Waals surface area contributed by atoms with Crippen LogP contribution < -0.4 is 5.32 Å². The monoisotopic (exact) mass is 387 g/mol. The molecule has 0 aromatic heterocycles. The molecule has 0 spiro atoms. The molecule has 3 rings (SSSR count). The van der Waals surface area contributed by atoms with Gasteiger partial charge in [0.1, 0.15) is 0 Å². The van der Waals surface area contributed by atoms with Crippen LogP contribution in [0.1, 0.15) is 35.2 Å². The second kappa shape index (κ2) is 7.95. The van der Waals surface area contributed by atoms with Crippen LogP contribution in [0.25, 0.3) is 0 Å². The Morgan fingerprint density at radius 1 is 1.04 bits per heavy atom. The highest BCUT2D eigenvalue weighted by Crippen LogP contribution is 2.34. The normalized spacial score (nSPS) is 21.0. The summed E-state index contributed by atoms with van der Waals surface area (Å²) in [5.41, 5.74) is 1.89. The minimum Gasteiger partial charge on any atom is -0.381 e. The number of halogens is 1. The van der Waals surface area contributed by atoms with Crippen LogP contribution in [0.15, 0.2) is 59.1 Å². The van der Waals surface area contributed by atoms with Crippen molar-refractivity contribution >= 4 is 21.8 Å². The van der Waals surface area contributed by atoms with Gasteiger partial charge in [-0.1, -0.05) is 42.5 Å². The minimum absolute atomic E-state index is 0.0389. The van der Waals surface area contributed by atoms with Crippen molar-refractivity contribution in [2.45, 2.75) is 24.7 Å². The molecule has 24 heavy (non-hydrogen) atoms. The van der Waals surface area contributed by atoms with Crippen LogP contribution in [0.2, 0.25) is 0 Å². The Bertz CT molecular complexity index is 679. The van der Waals surface area contributed by atoms with E-state index >= 15 is 0 Å². The van der Waals surface area contributed by atoms with Crippen molar-refractivity contribution in [3.8, 4) is 0 Å². The predicted molar refractivity (Wildman–Crippen MR) is 99.3 cm³/mol. The third-order valence-electron chi connectivity index (χ3n) is 4.76. The second-order valence-corrected chi connectivity index (χ2v) is 7.13. The summed E-state index contributed by atoms with van der Waals surface area (Å²) in [4.78, 5) is 12.6. The van der Waals surface area contributed by atoms with Gasteiger partial charge < -0.3 is 10.1 Å². The van der Waals surface area contributed by atoms with Crippen LogP contribution in [0.5, 0.6) is 0 Å². The zero-order valence-electron chi connectivity index (χ0n) is 13.6. The van der Waals surface area contributed by atoms with E-state index in [1.165, 1.54) is 5.56 Å². The van der Waals surface area contributed by atoms with E-state index in [2.05, 4.69) is 45.5 Å². The summed E-state index contributed by atoms with van der Waals surface area (Å²) in [6.07, 6.45) is 2.96. The highest BCUT2D eigenvalue weighted by atomic mass is 79.9. The molecule has 1 aliphatic rings. The van der Waals surface area contributed by atoms with Gasteiger partial charge in [0.2, 0.25) is 0 Å². The molecule has 2 aromatic rings. The molecule has 1 aliphatic heterocycles. The topological polar surface area (TPSA) is 38.3 Å². The van der Waals surface area contributed by atoms with Gasteiger partial charge in [0.25, 0.3) is 5.91 Å². The molecule has 1 atom stereocenters. The van der Waals surface area contributed by atoms with E-state index in [1.54, 1.807) is 0 Å². The summed E-state index contributed by atoms with van der Waals surface area (Å²) >= 11 is 3.45. The summed E-state index contributed by atoms with van der Waals surface area (Å²) < 4.78 is 6.48. The lowest BCUT2D eigenvalue weighted by atomic mass is 9.74. The van der Waals surface area contributed by atoms with Crippen molar-refractivity contribution in [1.82, 2.24) is 5.32 Å². The van der Waals surface area contributed by atoms with Gasteiger partial charge in [-0.05, 0) is 52.9 Å². The molecule has 1 saturated heterocycles.